The first-order chi connectivity index (χ1) is 19.9. The molecule has 5 rings (SSSR count). The Balaban J connectivity index is 1.24. The van der Waals surface area contributed by atoms with Crippen LogP contribution in [0.2, 0.25) is 0 Å². The first-order valence-electron chi connectivity index (χ1n) is 12.5. The van der Waals surface area contributed by atoms with E-state index in [0.29, 0.717) is 38.6 Å². The van der Waals surface area contributed by atoms with Gasteiger partial charge in [-0.2, -0.15) is 0 Å². The quantitative estimate of drug-likeness (QED) is 0.0590. The van der Waals surface area contributed by atoms with Crippen LogP contribution in [0.3, 0.4) is 0 Å². The Hall–Kier alpha value is -5.35. The summed E-state index contributed by atoms with van der Waals surface area (Å²) >= 11 is 1.15. The number of aromatic nitrogens is 2. The number of non-ortho nitro benzene ring substituents is 1. The molecule has 202 valence electrons. The molecule has 0 aliphatic carbocycles. The highest BCUT2D eigenvalue weighted by atomic mass is 32.2. The van der Waals surface area contributed by atoms with Crippen LogP contribution in [0.5, 0.6) is 0 Å². The number of anilines is 1. The summed E-state index contributed by atoms with van der Waals surface area (Å²) in [6.07, 6.45) is 2.96. The third-order valence-corrected chi connectivity index (χ3v) is 7.01. The molecule has 0 aliphatic rings. The van der Waals surface area contributed by atoms with Crippen LogP contribution in [-0.2, 0) is 4.79 Å². The Morgan fingerprint density at radius 3 is 2.29 bits per heavy atom. The number of ketones is 1. The fourth-order valence-electron chi connectivity index (χ4n) is 4.03. The summed E-state index contributed by atoms with van der Waals surface area (Å²) in [6, 6.07) is 28.6. The van der Waals surface area contributed by atoms with E-state index in [-0.39, 0.29) is 28.7 Å². The zero-order valence-electron chi connectivity index (χ0n) is 21.5. The number of para-hydroxylation sites is 2. The van der Waals surface area contributed by atoms with Gasteiger partial charge < -0.3 is 5.32 Å². The van der Waals surface area contributed by atoms with Crippen molar-refractivity contribution in [2.75, 3.05) is 11.1 Å². The van der Waals surface area contributed by atoms with Crippen molar-refractivity contribution in [1.82, 2.24) is 9.55 Å². The van der Waals surface area contributed by atoms with Crippen molar-refractivity contribution in [2.45, 2.75) is 5.16 Å². The van der Waals surface area contributed by atoms with Gasteiger partial charge in [0.2, 0.25) is 5.91 Å². The van der Waals surface area contributed by atoms with Crippen LogP contribution in [0, 0.1) is 10.1 Å². The van der Waals surface area contributed by atoms with E-state index in [2.05, 4.69) is 10.3 Å². The topological polar surface area (TPSA) is 124 Å². The normalized spacial score (nSPS) is 11.0. The standard InChI is InChI=1S/C31H22N4O5S/c36-28(19-12-21-10-17-25(18-11-21)35(39)40)22-13-15-23(16-14-22)32-29(37)20-41-31-33-27-9-5-4-8-26(27)30(38)34(31)24-6-2-1-3-7-24/h1-19H,20H2,(H,32,37)/b19-12+. The molecule has 0 atom stereocenters. The second-order valence-electron chi connectivity index (χ2n) is 8.85. The SMILES string of the molecule is O=C(CSc1nc2ccccc2c(=O)n1-c1ccccc1)Nc1ccc(C(=O)/C=C/c2ccc([N+](=O)[O-])cc2)cc1. The number of hydrogen-bond acceptors (Lipinski definition) is 7. The van der Waals surface area contributed by atoms with Crippen molar-refractivity contribution in [2.24, 2.45) is 0 Å². The average molecular weight is 563 g/mol. The van der Waals surface area contributed by atoms with Crippen LogP contribution in [0.1, 0.15) is 15.9 Å². The summed E-state index contributed by atoms with van der Waals surface area (Å²) < 4.78 is 1.50. The lowest BCUT2D eigenvalue weighted by molar-refractivity contribution is -0.384. The van der Waals surface area contributed by atoms with E-state index < -0.39 is 4.92 Å². The maximum absolute atomic E-state index is 13.3. The highest BCUT2D eigenvalue weighted by molar-refractivity contribution is 7.99. The molecule has 41 heavy (non-hydrogen) atoms. The first-order valence-corrected chi connectivity index (χ1v) is 13.4. The number of fused-ring (bicyclic) bond motifs is 1. The van der Waals surface area contributed by atoms with Crippen molar-refractivity contribution < 1.29 is 14.5 Å². The molecule has 1 heterocycles. The maximum atomic E-state index is 13.3. The second-order valence-corrected chi connectivity index (χ2v) is 9.79. The monoisotopic (exact) mass is 562 g/mol. The molecule has 0 radical (unpaired) electrons. The lowest BCUT2D eigenvalue weighted by Gasteiger charge is -2.13. The molecule has 0 spiro atoms. The van der Waals surface area contributed by atoms with Gasteiger partial charge in [-0.3, -0.25) is 29.1 Å². The Kier molecular flexibility index (Phi) is 8.12. The Morgan fingerprint density at radius 2 is 1.59 bits per heavy atom. The molecular weight excluding hydrogens is 540 g/mol. The highest BCUT2D eigenvalue weighted by Gasteiger charge is 2.15. The summed E-state index contributed by atoms with van der Waals surface area (Å²) in [6.45, 7) is 0. The number of amides is 1. The molecule has 1 aromatic heterocycles. The van der Waals surface area contributed by atoms with Crippen LogP contribution < -0.4 is 10.9 Å². The van der Waals surface area contributed by atoms with Gasteiger partial charge in [-0.05, 0) is 72.3 Å². The molecule has 0 saturated carbocycles. The van der Waals surface area contributed by atoms with Gasteiger partial charge in [0.05, 0.1) is 27.3 Å². The van der Waals surface area contributed by atoms with Crippen LogP contribution in [-0.4, -0.2) is 31.9 Å². The van der Waals surface area contributed by atoms with Crippen LogP contribution in [0.4, 0.5) is 11.4 Å². The fraction of sp³-hybridized carbons (Fsp3) is 0.0323. The van der Waals surface area contributed by atoms with Gasteiger partial charge in [-0.25, -0.2) is 4.98 Å². The van der Waals surface area contributed by atoms with Gasteiger partial charge in [0, 0.05) is 23.4 Å². The number of nitrogens with zero attached hydrogens (tertiary/aromatic N) is 3. The summed E-state index contributed by atoms with van der Waals surface area (Å²) in [5.41, 5.74) is 2.55. The molecule has 0 fully saturated rings. The van der Waals surface area contributed by atoms with E-state index in [9.17, 15) is 24.5 Å². The van der Waals surface area contributed by atoms with E-state index in [0.717, 1.165) is 11.8 Å². The zero-order valence-corrected chi connectivity index (χ0v) is 22.3. The van der Waals surface area contributed by atoms with Crippen LogP contribution >= 0.6 is 11.8 Å². The third-order valence-electron chi connectivity index (χ3n) is 6.08. The molecule has 0 unspecified atom stereocenters. The van der Waals surface area contributed by atoms with E-state index in [4.69, 9.17) is 0 Å². The molecule has 9 nitrogen and oxygen atoms in total. The Labute approximate surface area is 238 Å². The molecule has 10 heteroatoms. The minimum atomic E-state index is -0.485. The van der Waals surface area contributed by atoms with E-state index in [1.807, 2.05) is 36.4 Å². The third kappa shape index (κ3) is 6.45. The zero-order chi connectivity index (χ0) is 28.8. The predicted octanol–water partition coefficient (Wildman–Crippen LogP) is 5.92. The van der Waals surface area contributed by atoms with E-state index in [1.54, 1.807) is 60.7 Å². The number of thioether (sulfide) groups is 1. The number of nitrogens with one attached hydrogen (secondary N) is 1. The average Bonchev–Trinajstić information content (AvgIpc) is 3.00. The van der Waals surface area contributed by atoms with E-state index in [1.165, 1.54) is 22.8 Å². The van der Waals surface area contributed by atoms with Crippen molar-refractivity contribution >= 4 is 51.8 Å². The summed E-state index contributed by atoms with van der Waals surface area (Å²) in [4.78, 5) is 53.5. The molecule has 1 N–H and O–H groups in total. The van der Waals surface area contributed by atoms with Crippen molar-refractivity contribution in [3.8, 4) is 5.69 Å². The number of hydrogen-bond donors (Lipinski definition) is 1. The molecule has 0 saturated heterocycles. The predicted molar refractivity (Wildman–Crippen MR) is 160 cm³/mol. The first kappa shape index (κ1) is 27.2. The minimum Gasteiger partial charge on any atom is -0.325 e. The molecule has 1 amide bonds. The number of benzene rings is 4. The van der Waals surface area contributed by atoms with Crippen LogP contribution in [0.25, 0.3) is 22.7 Å². The van der Waals surface area contributed by atoms with Gasteiger partial charge in [0.25, 0.3) is 11.2 Å². The molecule has 0 aliphatic heterocycles. The smallest absolute Gasteiger partial charge is 0.269 e. The number of allylic oxidation sites excluding steroid dienone is 1. The fourth-order valence-corrected chi connectivity index (χ4v) is 4.85. The van der Waals surface area contributed by atoms with Crippen molar-refractivity contribution in [3.63, 3.8) is 0 Å². The highest BCUT2D eigenvalue weighted by Crippen LogP contribution is 2.22. The number of nitro groups is 1. The number of nitro benzene ring substituents is 1. The summed E-state index contributed by atoms with van der Waals surface area (Å²) in [7, 11) is 0. The minimum absolute atomic E-state index is 0.0102. The van der Waals surface area contributed by atoms with Gasteiger partial charge >= 0.3 is 0 Å². The van der Waals surface area contributed by atoms with Crippen molar-refractivity contribution in [1.29, 1.82) is 0 Å². The largest absolute Gasteiger partial charge is 0.325 e. The van der Waals surface area contributed by atoms with Gasteiger partial charge in [0.15, 0.2) is 10.9 Å². The van der Waals surface area contributed by atoms with Gasteiger partial charge in [-0.15, -0.1) is 0 Å². The number of rotatable bonds is 9. The Morgan fingerprint density at radius 1 is 0.902 bits per heavy atom. The summed E-state index contributed by atoms with van der Waals surface area (Å²) in [5.74, 6) is -0.539. The molecule has 5 aromatic rings. The maximum Gasteiger partial charge on any atom is 0.269 e. The molecule has 4 aromatic carbocycles. The second kappa shape index (κ2) is 12.2. The summed E-state index contributed by atoms with van der Waals surface area (Å²) in [5, 5.41) is 14.5. The molecule has 0 bridgehead atoms. The van der Waals surface area contributed by atoms with Gasteiger partial charge in [0.1, 0.15) is 0 Å². The van der Waals surface area contributed by atoms with Crippen LogP contribution in [0.15, 0.2) is 119 Å². The van der Waals surface area contributed by atoms with E-state index >= 15 is 0 Å². The lowest BCUT2D eigenvalue weighted by atomic mass is 10.1. The number of carbonyl (C=O) groups is 2. The van der Waals surface area contributed by atoms with Crippen molar-refractivity contribution in [3.05, 3.63) is 141 Å². The molecular formula is C31H22N4O5S. The lowest BCUT2D eigenvalue weighted by Crippen LogP contribution is -2.22. The number of carbonyl (C=O) groups excluding carboxylic acids is 2. The Bertz CT molecular complexity index is 1830. The van der Waals surface area contributed by atoms with Gasteiger partial charge in [-0.1, -0.05) is 48.2 Å².